The Labute approximate surface area is 97.6 Å². The van der Waals surface area contributed by atoms with E-state index in [1.807, 2.05) is 0 Å². The number of rotatable bonds is 2. The third-order valence-corrected chi connectivity index (χ3v) is 2.40. The molecule has 0 unspecified atom stereocenters. The van der Waals surface area contributed by atoms with E-state index < -0.39 is 18.7 Å². The Morgan fingerprint density at radius 3 is 2.94 bits per heavy atom. The maximum atomic E-state index is 11.8. The van der Waals surface area contributed by atoms with Crippen molar-refractivity contribution >= 4 is 17.6 Å². The van der Waals surface area contributed by atoms with E-state index in [2.05, 4.69) is 0 Å². The van der Waals surface area contributed by atoms with E-state index in [1.165, 1.54) is 4.90 Å². The van der Waals surface area contributed by atoms with E-state index in [0.29, 0.717) is 11.4 Å². The number of benzene rings is 1. The van der Waals surface area contributed by atoms with E-state index in [4.69, 9.17) is 15.6 Å². The molecule has 17 heavy (non-hydrogen) atoms. The normalized spacial score (nSPS) is 19.2. The van der Waals surface area contributed by atoms with Crippen molar-refractivity contribution in [1.29, 1.82) is 0 Å². The summed E-state index contributed by atoms with van der Waals surface area (Å²) in [6, 6.07) is 6.73. The Morgan fingerprint density at radius 2 is 2.24 bits per heavy atom. The molecule has 1 aromatic carbocycles. The number of aliphatic carboxylic acids is 1. The number of carbonyl (C=O) groups excluding carboxylic acids is 1. The number of fused-ring (bicyclic) bond motifs is 1. The van der Waals surface area contributed by atoms with E-state index in [9.17, 15) is 9.59 Å². The van der Waals surface area contributed by atoms with Gasteiger partial charge in [-0.3, -0.25) is 20.2 Å². The number of amides is 1. The summed E-state index contributed by atoms with van der Waals surface area (Å²) in [5.41, 5.74) is 6.05. The van der Waals surface area contributed by atoms with Crippen molar-refractivity contribution < 1.29 is 19.4 Å². The molecule has 1 amide bonds. The van der Waals surface area contributed by atoms with Gasteiger partial charge in [0.1, 0.15) is 12.3 Å². The standard InChI is InChI=1S/C11H12N2O4/c12-9-5-10(14)13(6-11(15)16)7-3-1-2-4-8(7)17-9/h1-4,9H,5-6,12H2,(H,15,16)/t9-/m0/s1. The fourth-order valence-electron chi connectivity index (χ4n) is 1.71. The molecule has 0 fully saturated rings. The second kappa shape index (κ2) is 4.42. The minimum Gasteiger partial charge on any atom is -0.480 e. The first-order valence-corrected chi connectivity index (χ1v) is 5.11. The lowest BCUT2D eigenvalue weighted by atomic mass is 10.2. The molecule has 0 spiro atoms. The van der Waals surface area contributed by atoms with Crippen LogP contribution in [0.2, 0.25) is 0 Å². The van der Waals surface area contributed by atoms with Crippen LogP contribution in [0.3, 0.4) is 0 Å². The van der Waals surface area contributed by atoms with Crippen molar-refractivity contribution in [1.82, 2.24) is 0 Å². The summed E-state index contributed by atoms with van der Waals surface area (Å²) in [6.07, 6.45) is -0.787. The molecule has 2 rings (SSSR count). The fourth-order valence-corrected chi connectivity index (χ4v) is 1.71. The van der Waals surface area contributed by atoms with Crippen molar-refractivity contribution in [3.8, 4) is 5.75 Å². The average molecular weight is 236 g/mol. The Morgan fingerprint density at radius 1 is 1.53 bits per heavy atom. The third-order valence-electron chi connectivity index (χ3n) is 2.40. The number of ether oxygens (including phenoxy) is 1. The van der Waals surface area contributed by atoms with Gasteiger partial charge in [-0.2, -0.15) is 0 Å². The van der Waals surface area contributed by atoms with E-state index in [0.717, 1.165) is 0 Å². The van der Waals surface area contributed by atoms with Gasteiger partial charge in [0.25, 0.3) is 0 Å². The first kappa shape index (κ1) is 11.4. The number of hydrogen-bond donors (Lipinski definition) is 2. The first-order chi connectivity index (χ1) is 8.08. The predicted molar refractivity (Wildman–Crippen MR) is 59.7 cm³/mol. The highest BCUT2D eigenvalue weighted by atomic mass is 16.5. The summed E-state index contributed by atoms with van der Waals surface area (Å²) >= 11 is 0. The average Bonchev–Trinajstić information content (AvgIpc) is 2.36. The zero-order chi connectivity index (χ0) is 12.4. The van der Waals surface area contributed by atoms with Crippen LogP contribution in [0.15, 0.2) is 24.3 Å². The SMILES string of the molecule is N[C@@H]1CC(=O)N(CC(=O)O)c2ccccc2O1. The number of carboxylic acid groups (broad SMARTS) is 1. The van der Waals surface area contributed by atoms with Crippen LogP contribution in [-0.4, -0.2) is 29.8 Å². The fraction of sp³-hybridized carbons (Fsp3) is 0.273. The monoisotopic (exact) mass is 236 g/mol. The van der Waals surface area contributed by atoms with Crippen molar-refractivity contribution in [2.75, 3.05) is 11.4 Å². The van der Waals surface area contributed by atoms with Crippen molar-refractivity contribution in [2.24, 2.45) is 5.73 Å². The zero-order valence-corrected chi connectivity index (χ0v) is 9.00. The Balaban J connectivity index is 2.42. The van der Waals surface area contributed by atoms with E-state index >= 15 is 0 Å². The van der Waals surface area contributed by atoms with Gasteiger partial charge in [0.05, 0.1) is 12.1 Å². The number of anilines is 1. The van der Waals surface area contributed by atoms with Crippen LogP contribution >= 0.6 is 0 Å². The number of carboxylic acids is 1. The molecule has 0 bridgehead atoms. The second-order valence-corrected chi connectivity index (χ2v) is 3.70. The number of nitrogens with zero attached hydrogens (tertiary/aromatic N) is 1. The summed E-state index contributed by atoms with van der Waals surface area (Å²) in [5, 5.41) is 8.80. The molecule has 1 atom stereocenters. The van der Waals surface area contributed by atoms with Crippen LogP contribution in [0.25, 0.3) is 0 Å². The lowest BCUT2D eigenvalue weighted by Crippen LogP contribution is -2.38. The molecular formula is C11H12N2O4. The van der Waals surface area contributed by atoms with Gasteiger partial charge in [-0.1, -0.05) is 12.1 Å². The van der Waals surface area contributed by atoms with E-state index in [-0.39, 0.29) is 12.3 Å². The van der Waals surface area contributed by atoms with Crippen LogP contribution < -0.4 is 15.4 Å². The van der Waals surface area contributed by atoms with Crippen LogP contribution in [0.5, 0.6) is 5.75 Å². The summed E-state index contributed by atoms with van der Waals surface area (Å²) < 4.78 is 5.36. The molecular weight excluding hydrogens is 224 g/mol. The zero-order valence-electron chi connectivity index (χ0n) is 9.00. The molecule has 0 aliphatic carbocycles. The molecule has 0 aromatic heterocycles. The van der Waals surface area contributed by atoms with Gasteiger partial charge < -0.3 is 9.84 Å². The molecule has 0 saturated carbocycles. The van der Waals surface area contributed by atoms with Crippen LogP contribution in [-0.2, 0) is 9.59 Å². The van der Waals surface area contributed by atoms with Gasteiger partial charge in [-0.25, -0.2) is 0 Å². The molecule has 0 saturated heterocycles. The minimum atomic E-state index is -1.08. The molecule has 0 radical (unpaired) electrons. The highest BCUT2D eigenvalue weighted by Gasteiger charge is 2.28. The predicted octanol–water partition coefficient (Wildman–Crippen LogP) is 0.171. The molecule has 90 valence electrons. The van der Waals surface area contributed by atoms with Gasteiger partial charge in [0, 0.05) is 0 Å². The number of carbonyl (C=O) groups is 2. The first-order valence-electron chi connectivity index (χ1n) is 5.11. The van der Waals surface area contributed by atoms with Gasteiger partial charge in [-0.05, 0) is 12.1 Å². The minimum absolute atomic E-state index is 0.0397. The molecule has 1 aliphatic heterocycles. The number of nitrogens with two attached hydrogens (primary N) is 1. The molecule has 1 aromatic rings. The molecule has 3 N–H and O–H groups in total. The maximum absolute atomic E-state index is 11.8. The van der Waals surface area contributed by atoms with Crippen LogP contribution in [0.1, 0.15) is 6.42 Å². The third kappa shape index (κ3) is 2.36. The summed E-state index contributed by atoms with van der Waals surface area (Å²) in [6.45, 7) is -0.397. The van der Waals surface area contributed by atoms with E-state index in [1.54, 1.807) is 24.3 Å². The van der Waals surface area contributed by atoms with Crippen LogP contribution in [0.4, 0.5) is 5.69 Å². The summed E-state index contributed by atoms with van der Waals surface area (Å²) in [7, 11) is 0. The molecule has 1 heterocycles. The second-order valence-electron chi connectivity index (χ2n) is 3.70. The highest BCUT2D eigenvalue weighted by Crippen LogP contribution is 2.31. The summed E-state index contributed by atoms with van der Waals surface area (Å²) in [5.74, 6) is -1.01. The largest absolute Gasteiger partial charge is 0.480 e. The van der Waals surface area contributed by atoms with Crippen molar-refractivity contribution in [3.63, 3.8) is 0 Å². The topological polar surface area (TPSA) is 92.9 Å². The Kier molecular flexibility index (Phi) is 2.97. The Bertz CT molecular complexity index is 461. The maximum Gasteiger partial charge on any atom is 0.323 e. The molecule has 6 nitrogen and oxygen atoms in total. The van der Waals surface area contributed by atoms with Crippen LogP contribution in [0, 0.1) is 0 Å². The Hall–Kier alpha value is -2.08. The highest BCUT2D eigenvalue weighted by molar-refractivity contribution is 5.99. The molecule has 1 aliphatic rings. The van der Waals surface area contributed by atoms with Gasteiger partial charge >= 0.3 is 5.97 Å². The summed E-state index contributed by atoms with van der Waals surface area (Å²) in [4.78, 5) is 23.7. The van der Waals surface area contributed by atoms with Gasteiger partial charge in [-0.15, -0.1) is 0 Å². The number of para-hydroxylation sites is 2. The smallest absolute Gasteiger partial charge is 0.323 e. The van der Waals surface area contributed by atoms with Gasteiger partial charge in [0.15, 0.2) is 6.23 Å². The molecule has 6 heteroatoms. The van der Waals surface area contributed by atoms with Gasteiger partial charge in [0.2, 0.25) is 5.91 Å². The lowest BCUT2D eigenvalue weighted by molar-refractivity contribution is -0.136. The number of hydrogen-bond acceptors (Lipinski definition) is 4. The lowest BCUT2D eigenvalue weighted by Gasteiger charge is -2.19. The quantitative estimate of drug-likeness (QED) is 0.763. The van der Waals surface area contributed by atoms with Crippen molar-refractivity contribution in [2.45, 2.75) is 12.6 Å². The van der Waals surface area contributed by atoms with Crippen molar-refractivity contribution in [3.05, 3.63) is 24.3 Å².